The molecule has 0 radical (unpaired) electrons. The molecule has 0 unspecified atom stereocenters. The molecule has 30 heavy (non-hydrogen) atoms. The lowest BCUT2D eigenvalue weighted by Gasteiger charge is -2.24. The molecule has 0 spiro atoms. The standard InChI is InChI=1S/C23H18N4O3/c28-19-9-7-18(8-10-19)27-13-17-6-11-20(12-21(17)24-15-27)29-14-22-25-23(30-26-22)16-4-2-1-3-5-16/h1-12,15,28H,13-14H2. The summed E-state index contributed by atoms with van der Waals surface area (Å²) in [4.78, 5) is 10.9. The van der Waals surface area contributed by atoms with Gasteiger partial charge in [-0.05, 0) is 48.0 Å². The van der Waals surface area contributed by atoms with E-state index >= 15 is 0 Å². The van der Waals surface area contributed by atoms with Crippen LogP contribution in [0.4, 0.5) is 11.4 Å². The van der Waals surface area contributed by atoms with E-state index in [1.54, 1.807) is 18.5 Å². The zero-order valence-corrected chi connectivity index (χ0v) is 16.0. The molecule has 7 heteroatoms. The quantitative estimate of drug-likeness (QED) is 0.525. The fourth-order valence-electron chi connectivity index (χ4n) is 3.20. The molecule has 2 heterocycles. The van der Waals surface area contributed by atoms with Gasteiger partial charge in [-0.2, -0.15) is 4.98 Å². The van der Waals surface area contributed by atoms with Gasteiger partial charge >= 0.3 is 0 Å². The Bertz CT molecular complexity index is 1190. The van der Waals surface area contributed by atoms with Crippen molar-refractivity contribution < 1.29 is 14.4 Å². The van der Waals surface area contributed by atoms with Crippen LogP contribution < -0.4 is 9.64 Å². The van der Waals surface area contributed by atoms with Crippen molar-refractivity contribution in [3.05, 3.63) is 84.2 Å². The van der Waals surface area contributed by atoms with E-state index in [1.807, 2.05) is 65.6 Å². The predicted octanol–water partition coefficient (Wildman–Crippen LogP) is 4.70. The first-order valence-electron chi connectivity index (χ1n) is 9.48. The van der Waals surface area contributed by atoms with E-state index in [-0.39, 0.29) is 12.4 Å². The number of phenolic OH excluding ortho intramolecular Hbond substituents is 1. The molecule has 0 fully saturated rings. The van der Waals surface area contributed by atoms with E-state index in [4.69, 9.17) is 9.26 Å². The van der Waals surface area contributed by atoms with Crippen molar-refractivity contribution >= 4 is 17.7 Å². The van der Waals surface area contributed by atoms with Crippen LogP contribution in [-0.2, 0) is 13.2 Å². The highest BCUT2D eigenvalue weighted by Gasteiger charge is 2.15. The molecular weight excluding hydrogens is 380 g/mol. The Morgan fingerprint density at radius 2 is 1.83 bits per heavy atom. The zero-order chi connectivity index (χ0) is 20.3. The second-order valence-corrected chi connectivity index (χ2v) is 6.85. The van der Waals surface area contributed by atoms with E-state index in [1.165, 1.54) is 0 Å². The Kier molecular flexibility index (Phi) is 4.61. The van der Waals surface area contributed by atoms with Gasteiger partial charge in [0.05, 0.1) is 18.6 Å². The molecule has 3 aromatic carbocycles. The van der Waals surface area contributed by atoms with Crippen LogP contribution in [0, 0.1) is 0 Å². The highest BCUT2D eigenvalue weighted by Crippen LogP contribution is 2.31. The number of benzene rings is 3. The Hall–Kier alpha value is -4.13. The molecule has 0 aliphatic carbocycles. The number of anilines is 1. The van der Waals surface area contributed by atoms with Crippen molar-refractivity contribution in [2.24, 2.45) is 4.99 Å². The highest BCUT2D eigenvalue weighted by molar-refractivity contribution is 5.84. The maximum Gasteiger partial charge on any atom is 0.258 e. The van der Waals surface area contributed by atoms with Crippen LogP contribution in [0.25, 0.3) is 11.5 Å². The van der Waals surface area contributed by atoms with Gasteiger partial charge in [-0.25, -0.2) is 4.99 Å². The maximum absolute atomic E-state index is 9.45. The van der Waals surface area contributed by atoms with Crippen LogP contribution in [0.1, 0.15) is 11.4 Å². The fraction of sp³-hybridized carbons (Fsp3) is 0.0870. The van der Waals surface area contributed by atoms with E-state index in [9.17, 15) is 5.11 Å². The molecule has 0 saturated heterocycles. The van der Waals surface area contributed by atoms with Crippen molar-refractivity contribution in [1.82, 2.24) is 10.1 Å². The van der Waals surface area contributed by atoms with Gasteiger partial charge in [0.2, 0.25) is 5.82 Å². The van der Waals surface area contributed by atoms with Crippen molar-refractivity contribution in [3.63, 3.8) is 0 Å². The average molecular weight is 398 g/mol. The number of ether oxygens (including phenoxy) is 1. The number of fused-ring (bicyclic) bond motifs is 1. The van der Waals surface area contributed by atoms with E-state index in [0.717, 1.165) is 22.5 Å². The topological polar surface area (TPSA) is 84.0 Å². The van der Waals surface area contributed by atoms with Gasteiger partial charge < -0.3 is 19.3 Å². The lowest BCUT2D eigenvalue weighted by atomic mass is 10.1. The number of aliphatic imine (C=N–C) groups is 1. The SMILES string of the molecule is Oc1ccc(N2C=Nc3cc(OCc4noc(-c5ccccc5)n4)ccc3C2)cc1. The molecule has 7 nitrogen and oxygen atoms in total. The molecule has 5 rings (SSSR count). The van der Waals surface area contributed by atoms with Gasteiger partial charge in [-0.1, -0.05) is 29.4 Å². The van der Waals surface area contributed by atoms with E-state index in [0.29, 0.717) is 24.0 Å². The Morgan fingerprint density at radius 1 is 1.00 bits per heavy atom. The Labute approximate surface area is 172 Å². The predicted molar refractivity (Wildman–Crippen MR) is 113 cm³/mol. The van der Waals surface area contributed by atoms with Crippen LogP contribution in [0.15, 0.2) is 82.3 Å². The van der Waals surface area contributed by atoms with Crippen molar-refractivity contribution in [1.29, 1.82) is 0 Å². The summed E-state index contributed by atoms with van der Waals surface area (Å²) in [6.45, 7) is 0.896. The lowest BCUT2D eigenvalue weighted by Crippen LogP contribution is -2.23. The van der Waals surface area contributed by atoms with Gasteiger partial charge in [0, 0.05) is 17.3 Å². The summed E-state index contributed by atoms with van der Waals surface area (Å²) < 4.78 is 11.1. The minimum absolute atomic E-state index is 0.207. The number of aromatic hydroxyl groups is 1. The van der Waals surface area contributed by atoms with Gasteiger partial charge in [0.1, 0.15) is 11.5 Å². The van der Waals surface area contributed by atoms with Gasteiger partial charge in [-0.3, -0.25) is 0 Å². The summed E-state index contributed by atoms with van der Waals surface area (Å²) in [5.74, 6) is 1.88. The number of nitrogens with zero attached hydrogens (tertiary/aromatic N) is 4. The maximum atomic E-state index is 9.45. The normalized spacial score (nSPS) is 12.6. The highest BCUT2D eigenvalue weighted by atomic mass is 16.5. The largest absolute Gasteiger partial charge is 0.508 e. The molecule has 0 amide bonds. The molecule has 148 valence electrons. The van der Waals surface area contributed by atoms with Crippen molar-refractivity contribution in [2.75, 3.05) is 4.90 Å². The Balaban J connectivity index is 1.25. The van der Waals surface area contributed by atoms with Gasteiger partial charge in [-0.15, -0.1) is 0 Å². The third-order valence-corrected chi connectivity index (χ3v) is 4.77. The second kappa shape index (κ2) is 7.71. The molecule has 0 saturated carbocycles. The molecule has 4 aromatic rings. The number of aromatic nitrogens is 2. The van der Waals surface area contributed by atoms with Crippen LogP contribution >= 0.6 is 0 Å². The summed E-state index contributed by atoms with van der Waals surface area (Å²) in [6, 6.07) is 22.5. The van der Waals surface area contributed by atoms with Crippen LogP contribution in [-0.4, -0.2) is 21.6 Å². The smallest absolute Gasteiger partial charge is 0.258 e. The molecule has 1 N–H and O–H groups in total. The average Bonchev–Trinajstić information content (AvgIpc) is 3.27. The Morgan fingerprint density at radius 3 is 2.67 bits per heavy atom. The summed E-state index contributed by atoms with van der Waals surface area (Å²) in [5, 5.41) is 13.4. The third kappa shape index (κ3) is 3.73. The van der Waals surface area contributed by atoms with Gasteiger partial charge in [0.15, 0.2) is 6.61 Å². The molecule has 0 atom stereocenters. The molecule has 1 aliphatic heterocycles. The van der Waals surface area contributed by atoms with Crippen molar-refractivity contribution in [2.45, 2.75) is 13.2 Å². The first-order chi connectivity index (χ1) is 14.7. The monoisotopic (exact) mass is 398 g/mol. The van der Waals surface area contributed by atoms with Crippen molar-refractivity contribution in [3.8, 4) is 23.0 Å². The number of hydrogen-bond acceptors (Lipinski definition) is 7. The first kappa shape index (κ1) is 17.9. The second-order valence-electron chi connectivity index (χ2n) is 6.85. The number of phenols is 1. The first-order valence-corrected chi connectivity index (χ1v) is 9.48. The molecule has 0 bridgehead atoms. The minimum atomic E-state index is 0.207. The fourth-order valence-corrected chi connectivity index (χ4v) is 3.20. The number of rotatable bonds is 5. The zero-order valence-electron chi connectivity index (χ0n) is 16.0. The minimum Gasteiger partial charge on any atom is -0.508 e. The molecular formula is C23H18N4O3. The summed E-state index contributed by atoms with van der Waals surface area (Å²) in [7, 11) is 0. The van der Waals surface area contributed by atoms with Crippen LogP contribution in [0.5, 0.6) is 11.5 Å². The van der Waals surface area contributed by atoms with Gasteiger partial charge in [0.25, 0.3) is 5.89 Å². The van der Waals surface area contributed by atoms with Crippen LogP contribution in [0.3, 0.4) is 0 Å². The summed E-state index contributed by atoms with van der Waals surface area (Å²) >= 11 is 0. The molecule has 1 aromatic heterocycles. The lowest BCUT2D eigenvalue weighted by molar-refractivity contribution is 0.287. The van der Waals surface area contributed by atoms with E-state index in [2.05, 4.69) is 15.1 Å². The summed E-state index contributed by atoms with van der Waals surface area (Å²) in [5.41, 5.74) is 3.79. The van der Waals surface area contributed by atoms with Crippen LogP contribution in [0.2, 0.25) is 0 Å². The van der Waals surface area contributed by atoms with E-state index < -0.39 is 0 Å². The third-order valence-electron chi connectivity index (χ3n) is 4.77. The number of hydrogen-bond donors (Lipinski definition) is 1. The summed E-state index contributed by atoms with van der Waals surface area (Å²) in [6.07, 6.45) is 1.78. The molecule has 1 aliphatic rings.